The van der Waals surface area contributed by atoms with Gasteiger partial charge in [0.05, 0.1) is 0 Å². The van der Waals surface area contributed by atoms with Crippen molar-refractivity contribution in [2.24, 2.45) is 0 Å². The molecular weight excluding hydrogens is 292 g/mol. The Bertz CT molecular complexity index is 816. The number of hydrogen-bond acceptors (Lipinski definition) is 2. The predicted molar refractivity (Wildman–Crippen MR) is 106 cm³/mol. The van der Waals surface area contributed by atoms with Gasteiger partial charge in [0.2, 0.25) is 0 Å². The summed E-state index contributed by atoms with van der Waals surface area (Å²) in [7, 11) is 0. The first-order valence-electron chi connectivity index (χ1n) is 7.77. The molecule has 0 amide bonds. The monoisotopic (exact) mass is 312 g/mol. The van der Waals surface area contributed by atoms with E-state index in [1.165, 1.54) is 0 Å². The topological polar surface area (TPSA) is 52.0 Å². The van der Waals surface area contributed by atoms with Crippen LogP contribution in [0.2, 0.25) is 0 Å². The van der Waals surface area contributed by atoms with Gasteiger partial charge in [0.15, 0.2) is 0 Å². The van der Waals surface area contributed by atoms with Gasteiger partial charge in [0, 0.05) is 22.5 Å². The minimum absolute atomic E-state index is 0.672. The first kappa shape index (κ1) is 15.6. The van der Waals surface area contributed by atoms with Crippen LogP contribution in [-0.4, -0.2) is 0 Å². The van der Waals surface area contributed by atoms with Crippen molar-refractivity contribution < 1.29 is 0 Å². The molecule has 0 heterocycles. The number of rotatable bonds is 4. The van der Waals surface area contributed by atoms with Crippen LogP contribution in [0.4, 0.5) is 11.4 Å². The maximum Gasteiger partial charge on any atom is 0.0414 e. The fourth-order valence-corrected chi connectivity index (χ4v) is 2.73. The Morgan fingerprint density at radius 3 is 1.29 bits per heavy atom. The lowest BCUT2D eigenvalue weighted by atomic mass is 9.95. The van der Waals surface area contributed by atoms with Crippen molar-refractivity contribution in [3.63, 3.8) is 0 Å². The lowest BCUT2D eigenvalue weighted by Crippen LogP contribution is -1.97. The van der Waals surface area contributed by atoms with Crippen LogP contribution in [0.25, 0.3) is 34.4 Å². The Hall–Kier alpha value is -3.26. The summed E-state index contributed by atoms with van der Waals surface area (Å²) in [4.78, 5) is 0. The van der Waals surface area contributed by atoms with Crippen molar-refractivity contribution in [3.8, 4) is 22.3 Å². The Kier molecular flexibility index (Phi) is 4.21. The second-order valence-electron chi connectivity index (χ2n) is 5.68. The van der Waals surface area contributed by atoms with E-state index in [1.54, 1.807) is 0 Å². The fourth-order valence-electron chi connectivity index (χ4n) is 2.73. The van der Waals surface area contributed by atoms with E-state index >= 15 is 0 Å². The molecule has 0 saturated heterocycles. The molecule has 0 aliphatic rings. The molecule has 0 saturated carbocycles. The highest BCUT2D eigenvalue weighted by Crippen LogP contribution is 2.36. The lowest BCUT2D eigenvalue weighted by molar-refractivity contribution is 1.56. The van der Waals surface area contributed by atoms with Crippen molar-refractivity contribution in [2.75, 3.05) is 11.5 Å². The predicted octanol–water partition coefficient (Wildman–Crippen LogP) is 5.47. The molecule has 2 heteroatoms. The van der Waals surface area contributed by atoms with E-state index in [-0.39, 0.29) is 0 Å². The average Bonchev–Trinajstić information content (AvgIpc) is 2.62. The fraction of sp³-hybridized carbons (Fsp3) is 0. The molecule has 0 spiro atoms. The summed E-state index contributed by atoms with van der Waals surface area (Å²) in [6.07, 6.45) is 3.64. The van der Waals surface area contributed by atoms with Crippen molar-refractivity contribution in [1.82, 2.24) is 0 Å². The Morgan fingerprint density at radius 2 is 0.958 bits per heavy atom. The maximum atomic E-state index is 6.20. The zero-order valence-electron chi connectivity index (χ0n) is 13.5. The van der Waals surface area contributed by atoms with Gasteiger partial charge in [-0.05, 0) is 34.4 Å². The molecule has 4 N–H and O–H groups in total. The van der Waals surface area contributed by atoms with E-state index in [4.69, 9.17) is 11.5 Å². The summed E-state index contributed by atoms with van der Waals surface area (Å²) >= 11 is 0. The quantitative estimate of drug-likeness (QED) is 0.627. The molecule has 3 rings (SSSR count). The molecule has 0 aliphatic carbocycles. The zero-order chi connectivity index (χ0) is 17.1. The van der Waals surface area contributed by atoms with Crippen molar-refractivity contribution in [3.05, 3.63) is 84.9 Å². The molecule has 0 fully saturated rings. The van der Waals surface area contributed by atoms with E-state index in [9.17, 15) is 0 Å². The van der Waals surface area contributed by atoms with Gasteiger partial charge in [-0.15, -0.1) is 0 Å². The van der Waals surface area contributed by atoms with Crippen LogP contribution in [0, 0.1) is 0 Å². The first-order valence-corrected chi connectivity index (χ1v) is 7.77. The number of hydrogen-bond donors (Lipinski definition) is 2. The molecule has 24 heavy (non-hydrogen) atoms. The highest BCUT2D eigenvalue weighted by Gasteiger charge is 2.10. The Morgan fingerprint density at radius 1 is 0.583 bits per heavy atom. The van der Waals surface area contributed by atoms with Gasteiger partial charge in [-0.3, -0.25) is 0 Å². The maximum absolute atomic E-state index is 6.20. The number of nitrogens with two attached hydrogens (primary N) is 2. The highest BCUT2D eigenvalue weighted by molar-refractivity contribution is 5.89. The van der Waals surface area contributed by atoms with Gasteiger partial charge < -0.3 is 11.5 Å². The minimum Gasteiger partial charge on any atom is -0.398 e. The van der Waals surface area contributed by atoms with Gasteiger partial charge in [0.25, 0.3) is 0 Å². The summed E-state index contributed by atoms with van der Waals surface area (Å²) in [5.41, 5.74) is 20.0. The molecule has 0 atom stereocenters. The molecule has 2 nitrogen and oxygen atoms in total. The van der Waals surface area contributed by atoms with E-state index < -0.39 is 0 Å². The third-order valence-corrected chi connectivity index (χ3v) is 4.14. The van der Waals surface area contributed by atoms with Crippen molar-refractivity contribution in [1.29, 1.82) is 0 Å². The molecule has 0 unspecified atom stereocenters. The summed E-state index contributed by atoms with van der Waals surface area (Å²) in [5, 5.41) is 0. The smallest absolute Gasteiger partial charge is 0.0414 e. The van der Waals surface area contributed by atoms with Crippen LogP contribution in [-0.2, 0) is 0 Å². The van der Waals surface area contributed by atoms with Crippen LogP contribution in [0.15, 0.2) is 73.8 Å². The highest BCUT2D eigenvalue weighted by atomic mass is 14.6. The SMILES string of the molecule is C=Cc1ccc(-c2cc(-c3ccc(C=C)cc3)c(N)cc2N)cc1. The molecule has 3 aromatic rings. The third kappa shape index (κ3) is 2.95. The number of anilines is 2. The molecule has 0 aliphatic heterocycles. The Balaban J connectivity index is 2.10. The van der Waals surface area contributed by atoms with Crippen LogP contribution < -0.4 is 11.5 Å². The third-order valence-electron chi connectivity index (χ3n) is 4.14. The van der Waals surface area contributed by atoms with E-state index in [2.05, 4.69) is 19.2 Å². The second kappa shape index (κ2) is 6.47. The minimum atomic E-state index is 0.672. The van der Waals surface area contributed by atoms with Gasteiger partial charge in [-0.1, -0.05) is 73.8 Å². The van der Waals surface area contributed by atoms with Gasteiger partial charge in [0.1, 0.15) is 0 Å². The van der Waals surface area contributed by atoms with Crippen molar-refractivity contribution in [2.45, 2.75) is 0 Å². The molecule has 0 aromatic heterocycles. The standard InChI is InChI=1S/C22H20N2/c1-3-15-5-9-17(10-6-15)19-13-20(22(24)14-21(19)23)18-11-7-16(4-2)8-12-18/h3-14H,1-2,23-24H2. The largest absolute Gasteiger partial charge is 0.398 e. The van der Waals surface area contributed by atoms with Crippen LogP contribution in [0.1, 0.15) is 11.1 Å². The molecule has 0 radical (unpaired) electrons. The van der Waals surface area contributed by atoms with Crippen LogP contribution in [0.5, 0.6) is 0 Å². The lowest BCUT2D eigenvalue weighted by Gasteiger charge is -2.13. The van der Waals surface area contributed by atoms with Crippen LogP contribution in [0.3, 0.4) is 0 Å². The van der Waals surface area contributed by atoms with Crippen molar-refractivity contribution >= 4 is 23.5 Å². The summed E-state index contributed by atoms with van der Waals surface area (Å²) in [5.74, 6) is 0. The number of benzene rings is 3. The van der Waals surface area contributed by atoms with Crippen LogP contribution >= 0.6 is 0 Å². The molecule has 118 valence electrons. The second-order valence-corrected chi connectivity index (χ2v) is 5.68. The molecular formula is C22H20N2. The summed E-state index contributed by atoms with van der Waals surface area (Å²) < 4.78 is 0. The number of nitrogen functional groups attached to an aromatic ring is 2. The summed E-state index contributed by atoms with van der Waals surface area (Å²) in [6.45, 7) is 7.56. The molecule has 3 aromatic carbocycles. The average molecular weight is 312 g/mol. The van der Waals surface area contributed by atoms with Gasteiger partial charge in [-0.25, -0.2) is 0 Å². The van der Waals surface area contributed by atoms with E-state index in [1.807, 2.05) is 66.7 Å². The zero-order valence-corrected chi connectivity index (χ0v) is 13.5. The van der Waals surface area contributed by atoms with Gasteiger partial charge in [-0.2, -0.15) is 0 Å². The van der Waals surface area contributed by atoms with Gasteiger partial charge >= 0.3 is 0 Å². The van der Waals surface area contributed by atoms with E-state index in [0.29, 0.717) is 11.4 Å². The molecule has 0 bridgehead atoms. The Labute approximate surface area is 142 Å². The van der Waals surface area contributed by atoms with E-state index in [0.717, 1.165) is 33.4 Å². The first-order chi connectivity index (χ1) is 11.6. The normalized spacial score (nSPS) is 10.3. The summed E-state index contributed by atoms with van der Waals surface area (Å²) in [6, 6.07) is 20.2.